The molecule has 2 aromatic rings. The molecule has 2 N–H and O–H groups in total. The number of alkyl halides is 3. The lowest BCUT2D eigenvalue weighted by Crippen LogP contribution is -2.35. The van der Waals surface area contributed by atoms with Crippen molar-refractivity contribution in [3.8, 4) is 0 Å². The monoisotopic (exact) mass is 331 g/mol. The third-order valence-electron chi connectivity index (χ3n) is 3.48. The van der Waals surface area contributed by atoms with Crippen molar-refractivity contribution in [3.05, 3.63) is 53.1 Å². The van der Waals surface area contributed by atoms with Crippen molar-refractivity contribution in [2.24, 2.45) is 7.05 Å². The SMILES string of the molecule is Cn1cc(C(C)(O)CNCc2cc(C(F)(F)F)ccc2F)cn1. The Labute approximate surface area is 130 Å². The number of rotatable bonds is 5. The molecule has 4 nitrogen and oxygen atoms in total. The van der Waals surface area contributed by atoms with Crippen molar-refractivity contribution in [2.75, 3.05) is 6.54 Å². The average molecular weight is 331 g/mol. The van der Waals surface area contributed by atoms with Gasteiger partial charge in [-0.2, -0.15) is 18.3 Å². The summed E-state index contributed by atoms with van der Waals surface area (Å²) in [5, 5.41) is 17.1. The summed E-state index contributed by atoms with van der Waals surface area (Å²) in [5.41, 5.74) is -1.74. The van der Waals surface area contributed by atoms with Gasteiger partial charge in [-0.3, -0.25) is 4.68 Å². The zero-order valence-electron chi connectivity index (χ0n) is 12.7. The van der Waals surface area contributed by atoms with Gasteiger partial charge >= 0.3 is 6.18 Å². The molecular weight excluding hydrogens is 314 g/mol. The van der Waals surface area contributed by atoms with Crippen LogP contribution in [0.5, 0.6) is 0 Å². The lowest BCUT2D eigenvalue weighted by molar-refractivity contribution is -0.137. The molecule has 0 aliphatic carbocycles. The van der Waals surface area contributed by atoms with Crippen LogP contribution in [-0.2, 0) is 25.4 Å². The Morgan fingerprint density at radius 2 is 1.96 bits per heavy atom. The number of aromatic nitrogens is 2. The van der Waals surface area contributed by atoms with E-state index in [-0.39, 0.29) is 18.7 Å². The molecule has 0 fully saturated rings. The lowest BCUT2D eigenvalue weighted by atomic mass is 9.99. The van der Waals surface area contributed by atoms with Gasteiger partial charge < -0.3 is 10.4 Å². The van der Waals surface area contributed by atoms with Crippen molar-refractivity contribution >= 4 is 0 Å². The van der Waals surface area contributed by atoms with E-state index in [1.54, 1.807) is 20.2 Å². The summed E-state index contributed by atoms with van der Waals surface area (Å²) < 4.78 is 53.1. The number of halogens is 4. The second-order valence-electron chi connectivity index (χ2n) is 5.58. The summed E-state index contributed by atoms with van der Waals surface area (Å²) in [6, 6.07) is 2.25. The first-order valence-electron chi connectivity index (χ1n) is 6.87. The number of aliphatic hydroxyl groups is 1. The highest BCUT2D eigenvalue weighted by molar-refractivity contribution is 5.27. The predicted octanol–water partition coefficient (Wildman–Crippen LogP) is 2.58. The molecule has 0 spiro atoms. The molecule has 1 heterocycles. The Morgan fingerprint density at radius 3 is 2.52 bits per heavy atom. The minimum atomic E-state index is -4.52. The number of aryl methyl sites for hydroxylation is 1. The average Bonchev–Trinajstić information content (AvgIpc) is 2.87. The molecule has 1 aromatic carbocycles. The molecule has 0 bridgehead atoms. The van der Waals surface area contributed by atoms with Crippen LogP contribution in [0.15, 0.2) is 30.6 Å². The minimum Gasteiger partial charge on any atom is -0.384 e. The summed E-state index contributed by atoms with van der Waals surface area (Å²) in [5.74, 6) is -0.730. The predicted molar refractivity (Wildman–Crippen MR) is 75.9 cm³/mol. The summed E-state index contributed by atoms with van der Waals surface area (Å²) in [6.45, 7) is 1.44. The van der Waals surface area contributed by atoms with Crippen LogP contribution in [0, 0.1) is 5.82 Å². The van der Waals surface area contributed by atoms with Crippen molar-refractivity contribution < 1.29 is 22.7 Å². The number of nitrogens with one attached hydrogen (secondary N) is 1. The van der Waals surface area contributed by atoms with Crippen molar-refractivity contribution in [3.63, 3.8) is 0 Å². The number of benzene rings is 1. The quantitative estimate of drug-likeness (QED) is 0.828. The Kier molecular flexibility index (Phi) is 4.76. The standard InChI is InChI=1S/C15H17F4N3O/c1-14(23,12-7-21-22(2)8-12)9-20-6-10-5-11(15(17,18)19)3-4-13(10)16/h3-5,7-8,20,23H,6,9H2,1-2H3. The molecule has 0 radical (unpaired) electrons. The molecule has 0 aliphatic rings. The van der Waals surface area contributed by atoms with Gasteiger partial charge in [-0.05, 0) is 25.1 Å². The van der Waals surface area contributed by atoms with E-state index in [1.807, 2.05) is 0 Å². The maximum absolute atomic E-state index is 13.6. The van der Waals surface area contributed by atoms with Crippen LogP contribution in [0.1, 0.15) is 23.6 Å². The largest absolute Gasteiger partial charge is 0.416 e. The smallest absolute Gasteiger partial charge is 0.384 e. The van der Waals surface area contributed by atoms with Crippen LogP contribution in [-0.4, -0.2) is 21.4 Å². The fourth-order valence-electron chi connectivity index (χ4n) is 2.13. The highest BCUT2D eigenvalue weighted by atomic mass is 19.4. The molecule has 1 aromatic heterocycles. The van der Waals surface area contributed by atoms with Gasteiger partial charge in [-0.1, -0.05) is 0 Å². The summed E-state index contributed by atoms with van der Waals surface area (Å²) >= 11 is 0. The molecule has 0 saturated carbocycles. The first-order chi connectivity index (χ1) is 10.6. The Bertz CT molecular complexity index is 680. The first-order valence-corrected chi connectivity index (χ1v) is 6.87. The van der Waals surface area contributed by atoms with Gasteiger partial charge in [-0.15, -0.1) is 0 Å². The molecule has 23 heavy (non-hydrogen) atoms. The second-order valence-corrected chi connectivity index (χ2v) is 5.58. The van der Waals surface area contributed by atoms with Gasteiger partial charge in [0.1, 0.15) is 11.4 Å². The van der Waals surface area contributed by atoms with Gasteiger partial charge in [0.2, 0.25) is 0 Å². The van der Waals surface area contributed by atoms with E-state index in [4.69, 9.17) is 0 Å². The maximum atomic E-state index is 13.6. The van der Waals surface area contributed by atoms with Crippen LogP contribution >= 0.6 is 0 Å². The molecular formula is C15H17F4N3O. The molecule has 8 heteroatoms. The highest BCUT2D eigenvalue weighted by Crippen LogP contribution is 2.30. The van der Waals surface area contributed by atoms with E-state index >= 15 is 0 Å². The third kappa shape index (κ3) is 4.29. The zero-order valence-corrected chi connectivity index (χ0v) is 12.7. The number of hydrogen-bond donors (Lipinski definition) is 2. The van der Waals surface area contributed by atoms with Gasteiger partial charge in [0.15, 0.2) is 0 Å². The Balaban J connectivity index is 2.04. The van der Waals surface area contributed by atoms with Gasteiger partial charge in [0.25, 0.3) is 0 Å². The summed E-state index contributed by atoms with van der Waals surface area (Å²) in [7, 11) is 1.70. The molecule has 126 valence electrons. The van der Waals surface area contributed by atoms with Crippen LogP contribution in [0.25, 0.3) is 0 Å². The van der Waals surface area contributed by atoms with Gasteiger partial charge in [0.05, 0.1) is 11.8 Å². The van der Waals surface area contributed by atoms with Gasteiger partial charge in [-0.25, -0.2) is 4.39 Å². The molecule has 0 aliphatic heterocycles. The minimum absolute atomic E-state index is 0.0361. The van der Waals surface area contributed by atoms with Crippen molar-refractivity contribution in [1.82, 2.24) is 15.1 Å². The van der Waals surface area contributed by atoms with E-state index in [1.165, 1.54) is 10.9 Å². The van der Waals surface area contributed by atoms with Crippen molar-refractivity contribution in [1.29, 1.82) is 0 Å². The molecule has 1 unspecified atom stereocenters. The number of nitrogens with zero attached hydrogens (tertiary/aromatic N) is 2. The van der Waals surface area contributed by atoms with E-state index in [0.717, 1.165) is 12.1 Å². The number of hydrogen-bond acceptors (Lipinski definition) is 3. The Morgan fingerprint density at radius 1 is 1.26 bits per heavy atom. The summed E-state index contributed by atoms with van der Waals surface area (Å²) in [6.07, 6.45) is -1.40. The fourth-order valence-corrected chi connectivity index (χ4v) is 2.13. The molecule has 0 saturated heterocycles. The van der Waals surface area contributed by atoms with Crippen molar-refractivity contribution in [2.45, 2.75) is 25.2 Å². The van der Waals surface area contributed by atoms with E-state index in [9.17, 15) is 22.7 Å². The van der Waals surface area contributed by atoms with Crippen LogP contribution in [0.2, 0.25) is 0 Å². The maximum Gasteiger partial charge on any atom is 0.416 e. The molecule has 1 atom stereocenters. The van der Waals surface area contributed by atoms with E-state index < -0.39 is 23.2 Å². The summed E-state index contributed by atoms with van der Waals surface area (Å²) in [4.78, 5) is 0. The Hall–Kier alpha value is -1.93. The third-order valence-corrected chi connectivity index (χ3v) is 3.48. The fraction of sp³-hybridized carbons (Fsp3) is 0.400. The lowest BCUT2D eigenvalue weighted by Gasteiger charge is -2.22. The van der Waals surface area contributed by atoms with Crippen LogP contribution in [0.3, 0.4) is 0 Å². The molecule has 0 amide bonds. The topological polar surface area (TPSA) is 50.1 Å². The van der Waals surface area contributed by atoms with Crippen LogP contribution < -0.4 is 5.32 Å². The first kappa shape index (κ1) is 17.4. The van der Waals surface area contributed by atoms with Gasteiger partial charge in [0, 0.05) is 37.5 Å². The highest BCUT2D eigenvalue weighted by Gasteiger charge is 2.31. The zero-order chi connectivity index (χ0) is 17.3. The second kappa shape index (κ2) is 6.29. The molecule has 2 rings (SSSR count). The normalized spacial score (nSPS) is 14.7. The van der Waals surface area contributed by atoms with Crippen LogP contribution in [0.4, 0.5) is 17.6 Å². The van der Waals surface area contributed by atoms with E-state index in [0.29, 0.717) is 11.6 Å². The van der Waals surface area contributed by atoms with E-state index in [2.05, 4.69) is 10.4 Å².